The summed E-state index contributed by atoms with van der Waals surface area (Å²) >= 11 is 4.95. The van der Waals surface area contributed by atoms with Crippen molar-refractivity contribution >= 4 is 33.1 Å². The van der Waals surface area contributed by atoms with Crippen LogP contribution in [0.3, 0.4) is 0 Å². The third kappa shape index (κ3) is 2.84. The van der Waals surface area contributed by atoms with Gasteiger partial charge in [0.25, 0.3) is 5.89 Å². The Morgan fingerprint density at radius 1 is 1.33 bits per heavy atom. The summed E-state index contributed by atoms with van der Waals surface area (Å²) in [5, 5.41) is 16.0. The topological polar surface area (TPSA) is 95.7 Å². The molecule has 0 aliphatic heterocycles. The fourth-order valence-corrected chi connectivity index (χ4v) is 3.33. The molecule has 3 aromatic heterocycles. The summed E-state index contributed by atoms with van der Waals surface area (Å²) in [6.45, 7) is 4.43. The van der Waals surface area contributed by atoms with Gasteiger partial charge in [0.2, 0.25) is 5.89 Å². The first-order valence-electron chi connectivity index (χ1n) is 6.31. The maximum atomic E-state index is 5.83. The Morgan fingerprint density at radius 2 is 2.14 bits per heavy atom. The van der Waals surface area contributed by atoms with Crippen LogP contribution in [0.15, 0.2) is 20.3 Å². The number of halogens is 1. The largest absolute Gasteiger partial charge is 0.418 e. The van der Waals surface area contributed by atoms with Crippen molar-refractivity contribution in [3.05, 3.63) is 27.5 Å². The van der Waals surface area contributed by atoms with Crippen molar-refractivity contribution in [3.8, 4) is 10.8 Å². The molecule has 0 spiro atoms. The highest BCUT2D eigenvalue weighted by molar-refractivity contribution is 9.11. The highest BCUT2D eigenvalue weighted by Gasteiger charge is 2.17. The zero-order valence-corrected chi connectivity index (χ0v) is 13.8. The van der Waals surface area contributed by atoms with Crippen LogP contribution in [-0.2, 0) is 6.54 Å². The summed E-state index contributed by atoms with van der Waals surface area (Å²) in [4.78, 5) is 0.919. The zero-order valence-electron chi connectivity index (χ0n) is 11.4. The van der Waals surface area contributed by atoms with Gasteiger partial charge in [-0.25, -0.2) is 4.68 Å². The second-order valence-electron chi connectivity index (χ2n) is 4.78. The van der Waals surface area contributed by atoms with Gasteiger partial charge in [0.15, 0.2) is 5.82 Å². The molecule has 0 aliphatic rings. The van der Waals surface area contributed by atoms with Gasteiger partial charge in [-0.2, -0.15) is 0 Å². The third-order valence-electron chi connectivity index (χ3n) is 2.88. The van der Waals surface area contributed by atoms with Gasteiger partial charge in [0.1, 0.15) is 6.54 Å². The van der Waals surface area contributed by atoms with Gasteiger partial charge in [-0.05, 0) is 34.0 Å². The van der Waals surface area contributed by atoms with Gasteiger partial charge in [-0.15, -0.1) is 26.6 Å². The highest BCUT2D eigenvalue weighted by Crippen LogP contribution is 2.30. The predicted octanol–water partition coefficient (Wildman–Crippen LogP) is 2.91. The highest BCUT2D eigenvalue weighted by atomic mass is 79.9. The molecule has 0 bridgehead atoms. The SMILES string of the molecule is CC(C)c1c(N)nnn1Cc1nnc(-c2ccc(Br)s2)o1. The molecule has 0 saturated carbocycles. The average molecular weight is 369 g/mol. The molecule has 0 amide bonds. The van der Waals surface area contributed by atoms with Gasteiger partial charge in [-0.1, -0.05) is 19.1 Å². The lowest BCUT2D eigenvalue weighted by molar-refractivity contribution is 0.460. The van der Waals surface area contributed by atoms with E-state index in [0.29, 0.717) is 24.1 Å². The Bertz CT molecular complexity index is 761. The first kappa shape index (κ1) is 14.2. The van der Waals surface area contributed by atoms with E-state index in [0.717, 1.165) is 14.4 Å². The van der Waals surface area contributed by atoms with E-state index in [1.165, 1.54) is 11.3 Å². The number of nitrogens with zero attached hydrogens (tertiary/aromatic N) is 5. The van der Waals surface area contributed by atoms with Crippen LogP contribution in [-0.4, -0.2) is 25.2 Å². The van der Waals surface area contributed by atoms with E-state index in [9.17, 15) is 0 Å². The van der Waals surface area contributed by atoms with Crippen LogP contribution in [0.2, 0.25) is 0 Å². The molecule has 2 N–H and O–H groups in total. The molecule has 0 radical (unpaired) electrons. The maximum absolute atomic E-state index is 5.83. The van der Waals surface area contributed by atoms with Crippen LogP contribution in [0.1, 0.15) is 31.4 Å². The number of hydrogen-bond donors (Lipinski definition) is 1. The van der Waals surface area contributed by atoms with Gasteiger partial charge in [0.05, 0.1) is 14.4 Å². The number of nitrogen functional groups attached to an aromatic ring is 1. The number of thiophene rings is 1. The van der Waals surface area contributed by atoms with Gasteiger partial charge < -0.3 is 10.2 Å². The Morgan fingerprint density at radius 3 is 2.81 bits per heavy atom. The van der Waals surface area contributed by atoms with Gasteiger partial charge >= 0.3 is 0 Å². The Kier molecular flexibility index (Phi) is 3.77. The summed E-state index contributed by atoms with van der Waals surface area (Å²) in [7, 11) is 0. The smallest absolute Gasteiger partial charge is 0.257 e. The standard InChI is InChI=1S/C12H13BrN6OS/c1-6(2)10-11(14)16-18-19(10)5-9-15-17-12(20-9)7-3-4-8(13)21-7/h3-4,6H,5,14H2,1-2H3. The summed E-state index contributed by atoms with van der Waals surface area (Å²) < 4.78 is 8.38. The normalized spacial score (nSPS) is 11.4. The average Bonchev–Trinajstić information content (AvgIpc) is 3.11. The molecule has 0 atom stereocenters. The quantitative estimate of drug-likeness (QED) is 0.760. The van der Waals surface area contributed by atoms with E-state index >= 15 is 0 Å². The predicted molar refractivity (Wildman–Crippen MR) is 82.9 cm³/mol. The molecule has 0 aromatic carbocycles. The van der Waals surface area contributed by atoms with Gasteiger partial charge in [0, 0.05) is 0 Å². The summed E-state index contributed by atoms with van der Waals surface area (Å²) in [6.07, 6.45) is 0. The molecular formula is C12H13BrN6OS. The summed E-state index contributed by atoms with van der Waals surface area (Å²) in [5.74, 6) is 1.63. The van der Waals surface area contributed by atoms with Crippen LogP contribution >= 0.6 is 27.3 Å². The molecule has 3 aromatic rings. The van der Waals surface area contributed by atoms with Crippen LogP contribution in [0.25, 0.3) is 10.8 Å². The molecule has 3 rings (SSSR count). The van der Waals surface area contributed by atoms with Crippen molar-refractivity contribution in [3.63, 3.8) is 0 Å². The Labute approximate surface area is 133 Å². The van der Waals surface area contributed by atoms with Crippen LogP contribution in [0.4, 0.5) is 5.82 Å². The summed E-state index contributed by atoms with van der Waals surface area (Å²) in [6, 6.07) is 3.87. The fourth-order valence-electron chi connectivity index (χ4n) is 2.02. The lowest BCUT2D eigenvalue weighted by Gasteiger charge is -2.07. The van der Waals surface area contributed by atoms with Crippen molar-refractivity contribution < 1.29 is 4.42 Å². The maximum Gasteiger partial charge on any atom is 0.257 e. The molecule has 0 fully saturated rings. The Hall–Kier alpha value is -1.74. The van der Waals surface area contributed by atoms with Gasteiger partial charge in [-0.3, -0.25) is 0 Å². The lowest BCUT2D eigenvalue weighted by atomic mass is 10.1. The van der Waals surface area contributed by atoms with Crippen molar-refractivity contribution in [2.45, 2.75) is 26.3 Å². The minimum atomic E-state index is 0.218. The molecule has 0 aliphatic carbocycles. The minimum absolute atomic E-state index is 0.218. The number of hydrogen-bond acceptors (Lipinski definition) is 7. The lowest BCUT2D eigenvalue weighted by Crippen LogP contribution is -2.09. The second-order valence-corrected chi connectivity index (χ2v) is 7.24. The van der Waals surface area contributed by atoms with Crippen LogP contribution in [0, 0.1) is 0 Å². The summed E-state index contributed by atoms with van der Waals surface area (Å²) in [5.41, 5.74) is 6.70. The number of anilines is 1. The molecule has 0 saturated heterocycles. The monoisotopic (exact) mass is 368 g/mol. The molecule has 0 unspecified atom stereocenters. The van der Waals surface area contributed by atoms with Crippen molar-refractivity contribution in [1.29, 1.82) is 0 Å². The minimum Gasteiger partial charge on any atom is -0.418 e. The fraction of sp³-hybridized carbons (Fsp3) is 0.333. The third-order valence-corrected chi connectivity index (χ3v) is 4.50. The van der Waals surface area contributed by atoms with E-state index in [-0.39, 0.29) is 5.92 Å². The van der Waals surface area contributed by atoms with Crippen LogP contribution in [0.5, 0.6) is 0 Å². The number of nitrogens with two attached hydrogens (primary N) is 1. The number of rotatable bonds is 4. The van der Waals surface area contributed by atoms with Crippen LogP contribution < -0.4 is 5.73 Å². The van der Waals surface area contributed by atoms with E-state index in [1.807, 2.05) is 26.0 Å². The number of aromatic nitrogens is 5. The van der Waals surface area contributed by atoms with Crippen molar-refractivity contribution in [2.24, 2.45) is 0 Å². The molecular weight excluding hydrogens is 356 g/mol. The molecule has 9 heteroatoms. The van der Waals surface area contributed by atoms with E-state index < -0.39 is 0 Å². The van der Waals surface area contributed by atoms with E-state index in [2.05, 4.69) is 36.4 Å². The van der Waals surface area contributed by atoms with Crippen molar-refractivity contribution in [1.82, 2.24) is 25.2 Å². The molecule has 21 heavy (non-hydrogen) atoms. The zero-order chi connectivity index (χ0) is 15.0. The Balaban J connectivity index is 1.85. The second kappa shape index (κ2) is 5.57. The molecule has 7 nitrogen and oxygen atoms in total. The molecule has 3 heterocycles. The molecule has 110 valence electrons. The van der Waals surface area contributed by atoms with E-state index in [4.69, 9.17) is 10.2 Å². The van der Waals surface area contributed by atoms with Crippen molar-refractivity contribution in [2.75, 3.05) is 5.73 Å². The first-order valence-corrected chi connectivity index (χ1v) is 7.92. The first-order chi connectivity index (χ1) is 10.0. The van der Waals surface area contributed by atoms with E-state index in [1.54, 1.807) is 4.68 Å².